The number of thiophene rings is 1. The fourth-order valence-electron chi connectivity index (χ4n) is 3.10. The molecule has 7 heteroatoms. The SMILES string of the molecule is CCN(C(=O)CCc1ccc(-c2cccs2)o1)[C@H]1CCS(=O)(=O)C1. The lowest BCUT2D eigenvalue weighted by atomic mass is 10.1. The van der Waals surface area contributed by atoms with E-state index in [2.05, 4.69) is 0 Å². The van der Waals surface area contributed by atoms with Gasteiger partial charge in [0.2, 0.25) is 5.91 Å². The largest absolute Gasteiger partial charge is 0.460 e. The smallest absolute Gasteiger partial charge is 0.223 e. The molecule has 0 bridgehead atoms. The number of furan rings is 1. The van der Waals surface area contributed by atoms with Crippen LogP contribution in [0.1, 0.15) is 25.5 Å². The van der Waals surface area contributed by atoms with Gasteiger partial charge in [-0.1, -0.05) is 6.07 Å². The highest BCUT2D eigenvalue weighted by molar-refractivity contribution is 7.91. The van der Waals surface area contributed by atoms with E-state index >= 15 is 0 Å². The molecule has 24 heavy (non-hydrogen) atoms. The van der Waals surface area contributed by atoms with Crippen LogP contribution in [0.5, 0.6) is 0 Å². The van der Waals surface area contributed by atoms with E-state index in [1.165, 1.54) is 0 Å². The van der Waals surface area contributed by atoms with E-state index in [-0.39, 0.29) is 23.5 Å². The highest BCUT2D eigenvalue weighted by Gasteiger charge is 2.33. The quantitative estimate of drug-likeness (QED) is 0.787. The van der Waals surface area contributed by atoms with Crippen molar-refractivity contribution in [3.63, 3.8) is 0 Å². The molecule has 1 aliphatic heterocycles. The average Bonchev–Trinajstić information content (AvgIpc) is 3.26. The number of sulfone groups is 1. The van der Waals surface area contributed by atoms with Gasteiger partial charge in [-0.05, 0) is 36.9 Å². The molecule has 2 aromatic heterocycles. The third-order valence-corrected chi connectivity index (χ3v) is 6.96. The van der Waals surface area contributed by atoms with Crippen molar-refractivity contribution < 1.29 is 17.6 Å². The lowest BCUT2D eigenvalue weighted by molar-refractivity contribution is -0.132. The molecule has 0 N–H and O–H groups in total. The number of carbonyl (C=O) groups excluding carboxylic acids is 1. The Hall–Kier alpha value is -1.60. The minimum Gasteiger partial charge on any atom is -0.460 e. The number of amides is 1. The minimum absolute atomic E-state index is 0.00586. The molecule has 0 radical (unpaired) electrons. The lowest BCUT2D eigenvalue weighted by Crippen LogP contribution is -2.41. The van der Waals surface area contributed by atoms with Crippen molar-refractivity contribution in [3.05, 3.63) is 35.4 Å². The van der Waals surface area contributed by atoms with Crippen molar-refractivity contribution in [2.75, 3.05) is 18.1 Å². The van der Waals surface area contributed by atoms with E-state index in [0.29, 0.717) is 25.8 Å². The Morgan fingerprint density at radius 3 is 2.83 bits per heavy atom. The number of nitrogens with zero attached hydrogens (tertiary/aromatic N) is 1. The van der Waals surface area contributed by atoms with Gasteiger partial charge in [0.05, 0.1) is 16.4 Å². The second-order valence-electron chi connectivity index (χ2n) is 5.98. The standard InChI is InChI=1S/C17H21NO4S2/c1-2-18(13-9-11-24(20,21)12-13)17(19)8-6-14-5-7-15(22-14)16-4-3-10-23-16/h3-5,7,10,13H,2,6,8-9,11-12H2,1H3/t13-/m0/s1. The zero-order chi connectivity index (χ0) is 17.2. The Morgan fingerprint density at radius 1 is 1.38 bits per heavy atom. The first kappa shape index (κ1) is 17.2. The summed E-state index contributed by atoms with van der Waals surface area (Å²) in [6, 6.07) is 7.62. The van der Waals surface area contributed by atoms with Crippen molar-refractivity contribution in [2.24, 2.45) is 0 Å². The molecule has 3 rings (SSSR count). The number of carbonyl (C=O) groups is 1. The van der Waals surface area contributed by atoms with Gasteiger partial charge in [-0.3, -0.25) is 4.79 Å². The Labute approximate surface area is 146 Å². The van der Waals surface area contributed by atoms with E-state index in [0.717, 1.165) is 16.4 Å². The van der Waals surface area contributed by atoms with Crippen molar-refractivity contribution in [1.29, 1.82) is 0 Å². The second kappa shape index (κ2) is 7.11. The zero-order valence-corrected chi connectivity index (χ0v) is 15.2. The van der Waals surface area contributed by atoms with E-state index in [1.54, 1.807) is 16.2 Å². The van der Waals surface area contributed by atoms with Crippen LogP contribution >= 0.6 is 11.3 Å². The molecular formula is C17H21NO4S2. The topological polar surface area (TPSA) is 67.6 Å². The molecule has 1 saturated heterocycles. The van der Waals surface area contributed by atoms with Crippen molar-refractivity contribution in [3.8, 4) is 10.6 Å². The maximum absolute atomic E-state index is 12.5. The van der Waals surface area contributed by atoms with Crippen LogP contribution in [0.25, 0.3) is 10.6 Å². The van der Waals surface area contributed by atoms with Crippen LogP contribution in [0, 0.1) is 0 Å². The van der Waals surface area contributed by atoms with Gasteiger partial charge in [0, 0.05) is 25.4 Å². The summed E-state index contributed by atoms with van der Waals surface area (Å²) < 4.78 is 29.0. The van der Waals surface area contributed by atoms with Gasteiger partial charge in [0.25, 0.3) is 0 Å². The molecule has 0 aliphatic carbocycles. The van der Waals surface area contributed by atoms with Crippen LogP contribution in [0.15, 0.2) is 34.1 Å². The van der Waals surface area contributed by atoms with E-state index in [9.17, 15) is 13.2 Å². The molecule has 1 fully saturated rings. The van der Waals surface area contributed by atoms with Gasteiger partial charge in [0.1, 0.15) is 11.5 Å². The van der Waals surface area contributed by atoms with E-state index in [4.69, 9.17) is 4.42 Å². The molecule has 5 nitrogen and oxygen atoms in total. The summed E-state index contributed by atoms with van der Waals surface area (Å²) in [5.41, 5.74) is 0. The number of aryl methyl sites for hydroxylation is 1. The normalized spacial score (nSPS) is 19.5. The van der Waals surface area contributed by atoms with Crippen molar-refractivity contribution in [1.82, 2.24) is 4.90 Å². The third-order valence-electron chi connectivity index (χ3n) is 4.32. The van der Waals surface area contributed by atoms with Crippen LogP contribution in [0.2, 0.25) is 0 Å². The summed E-state index contributed by atoms with van der Waals surface area (Å²) in [5.74, 6) is 1.87. The van der Waals surface area contributed by atoms with Crippen LogP contribution in [0.4, 0.5) is 0 Å². The van der Waals surface area contributed by atoms with E-state index < -0.39 is 9.84 Å². The van der Waals surface area contributed by atoms with Gasteiger partial charge in [-0.2, -0.15) is 0 Å². The van der Waals surface area contributed by atoms with Crippen molar-refractivity contribution in [2.45, 2.75) is 32.2 Å². The fraction of sp³-hybridized carbons (Fsp3) is 0.471. The van der Waals surface area contributed by atoms with Crippen LogP contribution in [0.3, 0.4) is 0 Å². The number of hydrogen-bond acceptors (Lipinski definition) is 5. The first-order valence-electron chi connectivity index (χ1n) is 8.11. The highest BCUT2D eigenvalue weighted by Crippen LogP contribution is 2.27. The maximum atomic E-state index is 12.5. The minimum atomic E-state index is -2.98. The van der Waals surface area contributed by atoms with Crippen LogP contribution in [-0.2, 0) is 21.1 Å². The number of rotatable bonds is 6. The van der Waals surface area contributed by atoms with E-state index in [1.807, 2.05) is 36.6 Å². The predicted octanol–water partition coefficient (Wildman–Crippen LogP) is 2.98. The second-order valence-corrected chi connectivity index (χ2v) is 9.16. The van der Waals surface area contributed by atoms with Gasteiger partial charge < -0.3 is 9.32 Å². The first-order chi connectivity index (χ1) is 11.5. The Bertz CT molecular complexity index is 792. The molecular weight excluding hydrogens is 346 g/mol. The fourth-order valence-corrected chi connectivity index (χ4v) is 5.51. The van der Waals surface area contributed by atoms with Crippen molar-refractivity contribution >= 4 is 27.1 Å². The Morgan fingerprint density at radius 2 is 2.21 bits per heavy atom. The summed E-state index contributed by atoms with van der Waals surface area (Å²) >= 11 is 1.61. The predicted molar refractivity (Wildman–Crippen MR) is 94.8 cm³/mol. The summed E-state index contributed by atoms with van der Waals surface area (Å²) in [5, 5.41) is 2.00. The van der Waals surface area contributed by atoms with Gasteiger partial charge >= 0.3 is 0 Å². The maximum Gasteiger partial charge on any atom is 0.223 e. The van der Waals surface area contributed by atoms with Gasteiger partial charge in [-0.15, -0.1) is 11.3 Å². The van der Waals surface area contributed by atoms with Gasteiger partial charge in [0.15, 0.2) is 9.84 Å². The molecule has 0 unspecified atom stereocenters. The third kappa shape index (κ3) is 3.89. The summed E-state index contributed by atoms with van der Waals surface area (Å²) in [7, 11) is -2.98. The first-order valence-corrected chi connectivity index (χ1v) is 10.8. The molecule has 0 aromatic carbocycles. The molecule has 130 valence electrons. The molecule has 2 aromatic rings. The Kier molecular flexibility index (Phi) is 5.10. The summed E-state index contributed by atoms with van der Waals surface area (Å²) in [6.45, 7) is 2.43. The Balaban J connectivity index is 1.58. The average molecular weight is 367 g/mol. The summed E-state index contributed by atoms with van der Waals surface area (Å²) in [4.78, 5) is 15.2. The van der Waals surface area contributed by atoms with Gasteiger partial charge in [-0.25, -0.2) is 8.42 Å². The molecule has 0 spiro atoms. The van der Waals surface area contributed by atoms with Crippen LogP contribution in [-0.4, -0.2) is 43.3 Å². The molecule has 1 atom stereocenters. The molecule has 1 aliphatic rings. The molecule has 1 amide bonds. The molecule has 3 heterocycles. The summed E-state index contributed by atoms with van der Waals surface area (Å²) in [6.07, 6.45) is 1.41. The highest BCUT2D eigenvalue weighted by atomic mass is 32.2. The molecule has 0 saturated carbocycles. The zero-order valence-electron chi connectivity index (χ0n) is 13.6. The monoisotopic (exact) mass is 367 g/mol. The lowest BCUT2D eigenvalue weighted by Gasteiger charge is -2.26. The van der Waals surface area contributed by atoms with Crippen LogP contribution < -0.4 is 0 Å². The number of hydrogen-bond donors (Lipinski definition) is 0.